The molecular formula is C12H21N3O2. The molecule has 1 saturated heterocycles. The summed E-state index contributed by atoms with van der Waals surface area (Å²) in [5.41, 5.74) is 1.09. The summed E-state index contributed by atoms with van der Waals surface area (Å²) in [5.74, 6) is 0.728. The van der Waals surface area contributed by atoms with E-state index in [0.29, 0.717) is 6.61 Å². The Morgan fingerprint density at radius 1 is 1.53 bits per heavy atom. The molecule has 0 saturated carbocycles. The summed E-state index contributed by atoms with van der Waals surface area (Å²) in [4.78, 5) is 0. The van der Waals surface area contributed by atoms with Gasteiger partial charge in [0.2, 0.25) is 0 Å². The lowest BCUT2D eigenvalue weighted by atomic mass is 10.0. The van der Waals surface area contributed by atoms with Gasteiger partial charge < -0.3 is 14.8 Å². The topological polar surface area (TPSA) is 48.3 Å². The number of hydrogen-bond donors (Lipinski definition) is 1. The van der Waals surface area contributed by atoms with Gasteiger partial charge in [-0.1, -0.05) is 0 Å². The van der Waals surface area contributed by atoms with Gasteiger partial charge in [-0.05, 0) is 18.8 Å². The fraction of sp³-hybridized carbons (Fsp3) is 0.750. The lowest BCUT2D eigenvalue weighted by Crippen LogP contribution is -2.22. The van der Waals surface area contributed by atoms with Crippen LogP contribution in [0.25, 0.3) is 0 Å². The summed E-state index contributed by atoms with van der Waals surface area (Å²) < 4.78 is 12.3. The van der Waals surface area contributed by atoms with Crippen LogP contribution in [-0.2, 0) is 16.0 Å². The van der Waals surface area contributed by atoms with Gasteiger partial charge in [-0.3, -0.25) is 4.68 Å². The van der Waals surface area contributed by atoms with Gasteiger partial charge in [-0.15, -0.1) is 0 Å². The van der Waals surface area contributed by atoms with Crippen molar-refractivity contribution in [3.05, 3.63) is 12.4 Å². The van der Waals surface area contributed by atoms with Crippen LogP contribution >= 0.6 is 0 Å². The molecule has 0 atom stereocenters. The minimum Gasteiger partial charge on any atom is -0.383 e. The highest BCUT2D eigenvalue weighted by atomic mass is 16.5. The molecule has 0 spiro atoms. The van der Waals surface area contributed by atoms with Crippen molar-refractivity contribution in [2.45, 2.75) is 19.4 Å². The molecule has 0 aromatic carbocycles. The number of hydrogen-bond acceptors (Lipinski definition) is 4. The van der Waals surface area contributed by atoms with Gasteiger partial charge in [-0.2, -0.15) is 5.10 Å². The molecule has 1 aliphatic heterocycles. The molecule has 2 heterocycles. The highest BCUT2D eigenvalue weighted by Crippen LogP contribution is 2.15. The molecule has 0 radical (unpaired) electrons. The summed E-state index contributed by atoms with van der Waals surface area (Å²) in [6, 6.07) is 0. The zero-order valence-corrected chi connectivity index (χ0v) is 10.4. The van der Waals surface area contributed by atoms with Gasteiger partial charge in [0.15, 0.2) is 0 Å². The van der Waals surface area contributed by atoms with Crippen LogP contribution in [0.3, 0.4) is 0 Å². The Morgan fingerprint density at radius 3 is 3.12 bits per heavy atom. The van der Waals surface area contributed by atoms with Gasteiger partial charge in [-0.25, -0.2) is 0 Å². The van der Waals surface area contributed by atoms with Crippen molar-refractivity contribution >= 4 is 5.69 Å². The molecule has 96 valence electrons. The van der Waals surface area contributed by atoms with Crippen molar-refractivity contribution in [1.82, 2.24) is 9.78 Å². The maximum Gasteiger partial charge on any atom is 0.0726 e. The molecule has 1 aliphatic rings. The molecule has 1 aromatic rings. The number of nitrogens with zero attached hydrogens (tertiary/aromatic N) is 2. The summed E-state index contributed by atoms with van der Waals surface area (Å²) >= 11 is 0. The minimum absolute atomic E-state index is 0.696. The van der Waals surface area contributed by atoms with Crippen LogP contribution in [0.5, 0.6) is 0 Å². The first-order chi connectivity index (χ1) is 8.38. The Kier molecular flexibility index (Phi) is 4.82. The predicted molar refractivity (Wildman–Crippen MR) is 66.1 cm³/mol. The molecule has 5 nitrogen and oxygen atoms in total. The number of rotatable bonds is 6. The van der Waals surface area contributed by atoms with Gasteiger partial charge in [0.05, 0.1) is 25.0 Å². The highest BCUT2D eigenvalue weighted by molar-refractivity contribution is 5.38. The third kappa shape index (κ3) is 4.02. The SMILES string of the molecule is COCCn1cc(NCC2CCOCC2)cn1. The highest BCUT2D eigenvalue weighted by Gasteiger charge is 2.13. The fourth-order valence-electron chi connectivity index (χ4n) is 1.97. The largest absolute Gasteiger partial charge is 0.383 e. The van der Waals surface area contributed by atoms with E-state index >= 15 is 0 Å². The number of ether oxygens (including phenoxy) is 2. The Morgan fingerprint density at radius 2 is 2.35 bits per heavy atom. The normalized spacial score (nSPS) is 17.2. The predicted octanol–water partition coefficient (Wildman–Crippen LogP) is 1.37. The molecule has 5 heteroatoms. The van der Waals surface area contributed by atoms with Crippen molar-refractivity contribution in [1.29, 1.82) is 0 Å². The smallest absolute Gasteiger partial charge is 0.0726 e. The quantitative estimate of drug-likeness (QED) is 0.814. The standard InChI is InChI=1S/C12H21N3O2/c1-16-7-4-15-10-12(9-14-15)13-8-11-2-5-17-6-3-11/h9-11,13H,2-8H2,1H3. The zero-order valence-electron chi connectivity index (χ0n) is 10.4. The van der Waals surface area contributed by atoms with Crippen molar-refractivity contribution in [2.24, 2.45) is 5.92 Å². The second kappa shape index (κ2) is 6.61. The lowest BCUT2D eigenvalue weighted by molar-refractivity contribution is 0.0699. The molecule has 1 aromatic heterocycles. The average molecular weight is 239 g/mol. The van der Waals surface area contributed by atoms with E-state index in [1.807, 2.05) is 17.1 Å². The van der Waals surface area contributed by atoms with Crippen molar-refractivity contribution < 1.29 is 9.47 Å². The van der Waals surface area contributed by atoms with Crippen molar-refractivity contribution in [2.75, 3.05) is 38.8 Å². The first kappa shape index (κ1) is 12.4. The van der Waals surface area contributed by atoms with Gasteiger partial charge in [0.1, 0.15) is 0 Å². The van der Waals surface area contributed by atoms with E-state index in [1.165, 1.54) is 0 Å². The summed E-state index contributed by atoms with van der Waals surface area (Å²) in [5, 5.41) is 7.70. The molecular weight excluding hydrogens is 218 g/mol. The van der Waals surface area contributed by atoms with Crippen LogP contribution in [0.15, 0.2) is 12.4 Å². The van der Waals surface area contributed by atoms with Crippen LogP contribution < -0.4 is 5.32 Å². The third-order valence-electron chi connectivity index (χ3n) is 3.09. The lowest BCUT2D eigenvalue weighted by Gasteiger charge is -2.22. The van der Waals surface area contributed by atoms with E-state index in [9.17, 15) is 0 Å². The maximum atomic E-state index is 5.34. The molecule has 1 fully saturated rings. The number of anilines is 1. The monoisotopic (exact) mass is 239 g/mol. The van der Waals surface area contributed by atoms with E-state index in [-0.39, 0.29) is 0 Å². The summed E-state index contributed by atoms with van der Waals surface area (Å²) in [6.07, 6.45) is 6.21. The average Bonchev–Trinajstić information content (AvgIpc) is 2.83. The first-order valence-electron chi connectivity index (χ1n) is 6.21. The fourth-order valence-corrected chi connectivity index (χ4v) is 1.97. The van der Waals surface area contributed by atoms with Crippen LogP contribution in [0, 0.1) is 5.92 Å². The van der Waals surface area contributed by atoms with Crippen molar-refractivity contribution in [3.63, 3.8) is 0 Å². The number of methoxy groups -OCH3 is 1. The Balaban J connectivity index is 1.72. The summed E-state index contributed by atoms with van der Waals surface area (Å²) in [7, 11) is 1.70. The Hall–Kier alpha value is -1.07. The second-order valence-corrected chi connectivity index (χ2v) is 4.42. The van der Waals surface area contributed by atoms with E-state index in [2.05, 4.69) is 10.4 Å². The number of nitrogens with one attached hydrogen (secondary N) is 1. The minimum atomic E-state index is 0.696. The van der Waals surface area contributed by atoms with Crippen LogP contribution in [0.1, 0.15) is 12.8 Å². The number of aromatic nitrogens is 2. The molecule has 2 rings (SSSR count). The molecule has 0 unspecified atom stereocenters. The van der Waals surface area contributed by atoms with E-state index in [4.69, 9.17) is 9.47 Å². The Labute approximate surface area is 102 Å². The molecule has 1 N–H and O–H groups in total. The van der Waals surface area contributed by atoms with Gasteiger partial charge in [0, 0.05) is 33.1 Å². The van der Waals surface area contributed by atoms with Crippen LogP contribution in [0.4, 0.5) is 5.69 Å². The summed E-state index contributed by atoms with van der Waals surface area (Å²) in [6.45, 7) is 4.31. The van der Waals surface area contributed by atoms with Crippen molar-refractivity contribution in [3.8, 4) is 0 Å². The molecule has 0 amide bonds. The van der Waals surface area contributed by atoms with E-state index in [0.717, 1.165) is 50.8 Å². The van der Waals surface area contributed by atoms with Gasteiger partial charge >= 0.3 is 0 Å². The molecule has 0 aliphatic carbocycles. The van der Waals surface area contributed by atoms with E-state index < -0.39 is 0 Å². The first-order valence-corrected chi connectivity index (χ1v) is 6.21. The maximum absolute atomic E-state index is 5.34. The van der Waals surface area contributed by atoms with Crippen LogP contribution in [-0.4, -0.2) is 43.3 Å². The molecule has 17 heavy (non-hydrogen) atoms. The zero-order chi connectivity index (χ0) is 11.9. The van der Waals surface area contributed by atoms with Crippen LogP contribution in [0.2, 0.25) is 0 Å². The third-order valence-corrected chi connectivity index (χ3v) is 3.09. The van der Waals surface area contributed by atoms with Gasteiger partial charge in [0.25, 0.3) is 0 Å². The van der Waals surface area contributed by atoms with E-state index in [1.54, 1.807) is 7.11 Å². The molecule has 0 bridgehead atoms. The Bertz CT molecular complexity index is 321. The second-order valence-electron chi connectivity index (χ2n) is 4.42.